The minimum atomic E-state index is -1.43. The van der Waals surface area contributed by atoms with Gasteiger partial charge in [-0.1, -0.05) is 0 Å². The summed E-state index contributed by atoms with van der Waals surface area (Å²) in [6, 6.07) is -1.43. The number of rotatable bonds is 4. The number of nitrogens with zero attached hydrogens (tertiary/aromatic N) is 1. The van der Waals surface area contributed by atoms with E-state index < -0.39 is 29.6 Å². The molecule has 0 saturated carbocycles. The van der Waals surface area contributed by atoms with Crippen molar-refractivity contribution in [2.75, 3.05) is 0 Å². The highest BCUT2D eigenvalue weighted by atomic mass is 16.4. The molecule has 0 bridgehead atoms. The molecular weight excluding hydrogens is 230 g/mol. The number of aliphatic hydroxyl groups is 1. The molecule has 0 saturated heterocycles. The SMILES string of the molecule is CC(O)C(NC(=O)c1c[nH]c(=O)cn1)C(=O)O. The first kappa shape index (κ1) is 12.8. The van der Waals surface area contributed by atoms with Crippen molar-refractivity contribution in [2.24, 2.45) is 0 Å². The molecule has 1 aromatic heterocycles. The number of carboxylic acid groups (broad SMARTS) is 1. The molecule has 92 valence electrons. The van der Waals surface area contributed by atoms with Crippen LogP contribution in [0.25, 0.3) is 0 Å². The lowest BCUT2D eigenvalue weighted by Gasteiger charge is -2.16. The molecule has 8 nitrogen and oxygen atoms in total. The normalized spacial score (nSPS) is 13.8. The van der Waals surface area contributed by atoms with E-state index in [0.29, 0.717) is 0 Å². The Balaban J connectivity index is 2.81. The molecule has 0 fully saturated rings. The Morgan fingerprint density at radius 2 is 2.18 bits per heavy atom. The van der Waals surface area contributed by atoms with Crippen LogP contribution in [0.3, 0.4) is 0 Å². The van der Waals surface area contributed by atoms with Crippen molar-refractivity contribution < 1.29 is 19.8 Å². The lowest BCUT2D eigenvalue weighted by molar-refractivity contribution is -0.141. The monoisotopic (exact) mass is 241 g/mol. The number of hydrogen-bond donors (Lipinski definition) is 4. The van der Waals surface area contributed by atoms with Crippen molar-refractivity contribution in [2.45, 2.75) is 19.1 Å². The predicted octanol–water partition coefficient (Wildman–Crippen LogP) is -1.67. The van der Waals surface area contributed by atoms with Gasteiger partial charge in [-0.05, 0) is 6.92 Å². The highest BCUT2D eigenvalue weighted by Gasteiger charge is 2.25. The molecule has 0 radical (unpaired) electrons. The van der Waals surface area contributed by atoms with E-state index in [0.717, 1.165) is 12.4 Å². The van der Waals surface area contributed by atoms with Crippen LogP contribution in [0.15, 0.2) is 17.2 Å². The first-order valence-corrected chi connectivity index (χ1v) is 4.68. The lowest BCUT2D eigenvalue weighted by Crippen LogP contribution is -2.47. The van der Waals surface area contributed by atoms with Crippen LogP contribution in [0.4, 0.5) is 0 Å². The predicted molar refractivity (Wildman–Crippen MR) is 55.4 cm³/mol. The topological polar surface area (TPSA) is 132 Å². The third kappa shape index (κ3) is 3.38. The summed E-state index contributed by atoms with van der Waals surface area (Å²) >= 11 is 0. The number of hydrogen-bond acceptors (Lipinski definition) is 5. The van der Waals surface area contributed by atoms with E-state index in [1.54, 1.807) is 0 Å². The molecule has 0 spiro atoms. The van der Waals surface area contributed by atoms with Crippen LogP contribution >= 0.6 is 0 Å². The maximum atomic E-state index is 11.5. The van der Waals surface area contributed by atoms with Gasteiger partial charge in [0.2, 0.25) is 0 Å². The number of aromatic nitrogens is 2. The molecule has 0 aromatic carbocycles. The first-order valence-electron chi connectivity index (χ1n) is 4.68. The molecule has 8 heteroatoms. The van der Waals surface area contributed by atoms with E-state index in [2.05, 4.69) is 15.3 Å². The number of nitrogens with one attached hydrogen (secondary N) is 2. The molecule has 1 heterocycles. The number of carboxylic acids is 1. The molecule has 0 aliphatic carbocycles. The summed E-state index contributed by atoms with van der Waals surface area (Å²) in [4.78, 5) is 38.7. The van der Waals surface area contributed by atoms with Gasteiger partial charge in [0.25, 0.3) is 11.5 Å². The fourth-order valence-corrected chi connectivity index (χ4v) is 1.07. The lowest BCUT2D eigenvalue weighted by atomic mass is 10.2. The average Bonchev–Trinajstić information content (AvgIpc) is 2.25. The fraction of sp³-hybridized carbons (Fsp3) is 0.333. The number of carbonyl (C=O) groups is 2. The van der Waals surface area contributed by atoms with Crippen LogP contribution in [-0.4, -0.2) is 44.2 Å². The second-order valence-electron chi connectivity index (χ2n) is 3.33. The zero-order valence-corrected chi connectivity index (χ0v) is 8.88. The number of H-pyrrole nitrogens is 1. The van der Waals surface area contributed by atoms with Crippen LogP contribution < -0.4 is 10.9 Å². The summed E-state index contributed by atoms with van der Waals surface area (Å²) in [5.41, 5.74) is -0.622. The highest BCUT2D eigenvalue weighted by Crippen LogP contribution is 1.96. The Kier molecular flexibility index (Phi) is 3.94. The van der Waals surface area contributed by atoms with Crippen molar-refractivity contribution in [1.29, 1.82) is 0 Å². The van der Waals surface area contributed by atoms with Crippen molar-refractivity contribution in [3.8, 4) is 0 Å². The standard InChI is InChI=1S/C9H11N3O5/c1-4(13)7(9(16)17)12-8(15)5-2-11-6(14)3-10-5/h2-4,7,13H,1H3,(H,11,14)(H,12,15)(H,16,17). The highest BCUT2D eigenvalue weighted by molar-refractivity contribution is 5.94. The van der Waals surface area contributed by atoms with Gasteiger partial charge in [0.1, 0.15) is 5.69 Å². The zero-order chi connectivity index (χ0) is 13.0. The largest absolute Gasteiger partial charge is 0.480 e. The smallest absolute Gasteiger partial charge is 0.328 e. The molecule has 1 aromatic rings. The molecule has 0 aliphatic rings. The van der Waals surface area contributed by atoms with E-state index in [1.807, 2.05) is 0 Å². The zero-order valence-electron chi connectivity index (χ0n) is 8.88. The van der Waals surface area contributed by atoms with Crippen molar-refractivity contribution in [3.05, 3.63) is 28.4 Å². The van der Waals surface area contributed by atoms with Crippen LogP contribution in [0.5, 0.6) is 0 Å². The van der Waals surface area contributed by atoms with Crippen molar-refractivity contribution in [3.63, 3.8) is 0 Å². The molecular formula is C9H11N3O5. The molecule has 1 rings (SSSR count). The maximum absolute atomic E-state index is 11.5. The quantitative estimate of drug-likeness (QED) is 0.498. The summed E-state index contributed by atoms with van der Waals surface area (Å²) in [7, 11) is 0. The first-order chi connectivity index (χ1) is 7.91. The van der Waals surface area contributed by atoms with Crippen LogP contribution in [0, 0.1) is 0 Å². The van der Waals surface area contributed by atoms with E-state index in [4.69, 9.17) is 10.2 Å². The maximum Gasteiger partial charge on any atom is 0.328 e. The van der Waals surface area contributed by atoms with Gasteiger partial charge in [-0.3, -0.25) is 9.59 Å². The summed E-state index contributed by atoms with van der Waals surface area (Å²) < 4.78 is 0. The van der Waals surface area contributed by atoms with Crippen LogP contribution in [0.2, 0.25) is 0 Å². The molecule has 17 heavy (non-hydrogen) atoms. The fourth-order valence-electron chi connectivity index (χ4n) is 1.07. The van der Waals surface area contributed by atoms with E-state index >= 15 is 0 Å². The number of aromatic amines is 1. The van der Waals surface area contributed by atoms with Gasteiger partial charge in [0.15, 0.2) is 6.04 Å². The third-order valence-electron chi connectivity index (χ3n) is 1.94. The second-order valence-corrected chi connectivity index (χ2v) is 3.33. The summed E-state index contributed by atoms with van der Waals surface area (Å²) in [5, 5.41) is 20.0. The van der Waals surface area contributed by atoms with Crippen molar-refractivity contribution in [1.82, 2.24) is 15.3 Å². The third-order valence-corrected chi connectivity index (χ3v) is 1.94. The van der Waals surface area contributed by atoms with Crippen LogP contribution in [-0.2, 0) is 4.79 Å². The number of carbonyl (C=O) groups excluding carboxylic acids is 1. The number of amides is 1. The Morgan fingerprint density at radius 1 is 1.53 bits per heavy atom. The van der Waals surface area contributed by atoms with Gasteiger partial charge in [-0.15, -0.1) is 0 Å². The summed E-state index contributed by atoms with van der Waals surface area (Å²) in [5.74, 6) is -2.16. The van der Waals surface area contributed by atoms with Gasteiger partial charge >= 0.3 is 5.97 Å². The van der Waals surface area contributed by atoms with Gasteiger partial charge in [0, 0.05) is 6.20 Å². The van der Waals surface area contributed by atoms with Gasteiger partial charge < -0.3 is 20.5 Å². The molecule has 0 aliphatic heterocycles. The Morgan fingerprint density at radius 3 is 2.59 bits per heavy atom. The van der Waals surface area contributed by atoms with Crippen molar-refractivity contribution >= 4 is 11.9 Å². The van der Waals surface area contributed by atoms with E-state index in [9.17, 15) is 14.4 Å². The minimum Gasteiger partial charge on any atom is -0.480 e. The van der Waals surface area contributed by atoms with Gasteiger partial charge in [-0.2, -0.15) is 0 Å². The van der Waals surface area contributed by atoms with E-state index in [1.165, 1.54) is 6.92 Å². The van der Waals surface area contributed by atoms with Gasteiger partial charge in [-0.25, -0.2) is 9.78 Å². The Bertz CT molecular complexity index is 461. The van der Waals surface area contributed by atoms with E-state index in [-0.39, 0.29) is 5.69 Å². The molecule has 1 amide bonds. The minimum absolute atomic E-state index is 0.142. The summed E-state index contributed by atoms with van der Waals surface area (Å²) in [6.45, 7) is 1.24. The Hall–Kier alpha value is -2.22. The van der Waals surface area contributed by atoms with Gasteiger partial charge in [0.05, 0.1) is 12.3 Å². The average molecular weight is 241 g/mol. The Labute approximate surface area is 95.3 Å². The van der Waals surface area contributed by atoms with Crippen LogP contribution in [0.1, 0.15) is 17.4 Å². The molecule has 4 N–H and O–H groups in total. The molecule has 2 unspecified atom stereocenters. The number of aliphatic carboxylic acids is 1. The summed E-state index contributed by atoms with van der Waals surface area (Å²) in [6.07, 6.45) is 0.699. The molecule has 2 atom stereocenters. The second kappa shape index (κ2) is 5.21. The number of aliphatic hydroxyl groups excluding tert-OH is 1.